The summed E-state index contributed by atoms with van der Waals surface area (Å²) in [5, 5.41) is 0. The van der Waals surface area contributed by atoms with Gasteiger partial charge in [-0.3, -0.25) is 4.79 Å². The van der Waals surface area contributed by atoms with Gasteiger partial charge in [-0.25, -0.2) is 0 Å². The molecule has 0 atom stereocenters. The molecule has 8 heteroatoms. The highest BCUT2D eigenvalue weighted by molar-refractivity contribution is 5.95. The van der Waals surface area contributed by atoms with Crippen LogP contribution in [0.4, 0.5) is 22.0 Å². The summed E-state index contributed by atoms with van der Waals surface area (Å²) in [5.41, 5.74) is -0.898. The maximum atomic E-state index is 13.0. The zero-order chi connectivity index (χ0) is 18.6. The van der Waals surface area contributed by atoms with E-state index < -0.39 is 29.8 Å². The van der Waals surface area contributed by atoms with Crippen molar-refractivity contribution < 1.29 is 31.5 Å². The first kappa shape index (κ1) is 18.7. The molecule has 2 rings (SSSR count). The fraction of sp³-hybridized carbons (Fsp3) is 0.235. The molecule has 0 aliphatic rings. The van der Waals surface area contributed by atoms with Crippen molar-refractivity contribution in [1.82, 2.24) is 4.90 Å². The quantitative estimate of drug-likeness (QED) is 0.732. The summed E-state index contributed by atoms with van der Waals surface area (Å²) in [7, 11) is 1.36. The van der Waals surface area contributed by atoms with Crippen LogP contribution < -0.4 is 4.74 Å². The molecule has 0 fully saturated rings. The van der Waals surface area contributed by atoms with Crippen molar-refractivity contribution in [2.45, 2.75) is 19.3 Å². The third kappa shape index (κ3) is 4.91. The van der Waals surface area contributed by atoms with E-state index in [-0.39, 0.29) is 12.3 Å². The second-order valence-corrected chi connectivity index (χ2v) is 5.23. The van der Waals surface area contributed by atoms with E-state index in [0.29, 0.717) is 5.56 Å². The Hall–Kier alpha value is -2.64. The molecule has 1 amide bonds. The molecule has 0 aliphatic carbocycles. The van der Waals surface area contributed by atoms with Gasteiger partial charge in [0.05, 0.1) is 11.1 Å². The lowest BCUT2D eigenvalue weighted by atomic mass is 10.1. The molecule has 3 nitrogen and oxygen atoms in total. The third-order valence-electron chi connectivity index (χ3n) is 3.38. The van der Waals surface area contributed by atoms with Gasteiger partial charge in [0.2, 0.25) is 0 Å². The molecule has 0 unspecified atom stereocenters. The van der Waals surface area contributed by atoms with Gasteiger partial charge >= 0.3 is 12.8 Å². The van der Waals surface area contributed by atoms with Gasteiger partial charge in [0, 0.05) is 13.6 Å². The van der Waals surface area contributed by atoms with Gasteiger partial charge in [-0.05, 0) is 29.8 Å². The number of alkyl halides is 5. The molecular formula is C17H14F5NO2. The molecule has 0 aromatic heterocycles. The van der Waals surface area contributed by atoms with Gasteiger partial charge in [0.15, 0.2) is 0 Å². The van der Waals surface area contributed by atoms with Crippen LogP contribution in [0.15, 0.2) is 48.5 Å². The van der Waals surface area contributed by atoms with Gasteiger partial charge in [0.1, 0.15) is 5.75 Å². The minimum atomic E-state index is -4.64. The highest BCUT2D eigenvalue weighted by atomic mass is 19.4. The van der Waals surface area contributed by atoms with Gasteiger partial charge in [-0.1, -0.05) is 24.3 Å². The number of halogens is 5. The zero-order valence-electron chi connectivity index (χ0n) is 13.1. The number of benzene rings is 2. The van der Waals surface area contributed by atoms with E-state index in [1.54, 1.807) is 0 Å². The molecule has 0 heterocycles. The molecular weight excluding hydrogens is 345 g/mol. The van der Waals surface area contributed by atoms with Crippen LogP contribution in [0, 0.1) is 0 Å². The molecule has 0 aliphatic heterocycles. The number of ether oxygens (including phenoxy) is 1. The lowest BCUT2D eigenvalue weighted by molar-refractivity contribution is -0.138. The average molecular weight is 359 g/mol. The molecule has 2 aromatic rings. The summed E-state index contributed by atoms with van der Waals surface area (Å²) in [4.78, 5) is 13.4. The topological polar surface area (TPSA) is 29.5 Å². The first-order valence-corrected chi connectivity index (χ1v) is 7.14. The number of rotatable bonds is 5. The second kappa shape index (κ2) is 7.50. The number of carbonyl (C=O) groups excluding carboxylic acids is 1. The average Bonchev–Trinajstić information content (AvgIpc) is 2.54. The SMILES string of the molecule is CN(Cc1ccc(OC(F)F)cc1)C(=O)c1ccccc1C(F)(F)F. The Labute approximate surface area is 140 Å². The van der Waals surface area contributed by atoms with Crippen molar-refractivity contribution in [1.29, 1.82) is 0 Å². The summed E-state index contributed by atoms with van der Waals surface area (Å²) < 4.78 is 67.4. The Bertz CT molecular complexity index is 729. The van der Waals surface area contributed by atoms with Crippen molar-refractivity contribution >= 4 is 5.91 Å². The minimum Gasteiger partial charge on any atom is -0.435 e. The molecule has 0 saturated heterocycles. The molecule has 0 radical (unpaired) electrons. The second-order valence-electron chi connectivity index (χ2n) is 5.23. The Kier molecular flexibility index (Phi) is 5.61. The number of hydrogen-bond donors (Lipinski definition) is 0. The highest BCUT2D eigenvalue weighted by Crippen LogP contribution is 2.32. The van der Waals surface area contributed by atoms with E-state index >= 15 is 0 Å². The number of amides is 1. The lowest BCUT2D eigenvalue weighted by Crippen LogP contribution is -2.28. The number of hydrogen-bond acceptors (Lipinski definition) is 2. The van der Waals surface area contributed by atoms with Crippen LogP contribution in [-0.4, -0.2) is 24.5 Å². The van der Waals surface area contributed by atoms with Crippen molar-refractivity contribution in [2.75, 3.05) is 7.05 Å². The predicted octanol–water partition coefficient (Wildman–Crippen LogP) is 4.58. The largest absolute Gasteiger partial charge is 0.435 e. The van der Waals surface area contributed by atoms with Crippen LogP contribution in [0.5, 0.6) is 5.75 Å². The summed E-state index contributed by atoms with van der Waals surface area (Å²) >= 11 is 0. The summed E-state index contributed by atoms with van der Waals surface area (Å²) in [6, 6.07) is 10.0. The van der Waals surface area contributed by atoms with Crippen molar-refractivity contribution in [3.8, 4) is 5.75 Å². The first-order chi connectivity index (χ1) is 11.7. The maximum Gasteiger partial charge on any atom is 0.417 e. The Balaban J connectivity index is 2.13. The van der Waals surface area contributed by atoms with Crippen LogP contribution in [-0.2, 0) is 12.7 Å². The molecule has 0 saturated carbocycles. The molecule has 134 valence electrons. The zero-order valence-corrected chi connectivity index (χ0v) is 13.1. The monoisotopic (exact) mass is 359 g/mol. The van der Waals surface area contributed by atoms with E-state index in [0.717, 1.165) is 17.0 Å². The number of carbonyl (C=O) groups is 1. The van der Waals surface area contributed by atoms with Crippen molar-refractivity contribution in [3.63, 3.8) is 0 Å². The molecule has 0 N–H and O–H groups in total. The Morgan fingerprint density at radius 1 is 1.08 bits per heavy atom. The van der Waals surface area contributed by atoms with Crippen LogP contribution >= 0.6 is 0 Å². The van der Waals surface area contributed by atoms with Crippen LogP contribution in [0.2, 0.25) is 0 Å². The Morgan fingerprint density at radius 2 is 1.68 bits per heavy atom. The lowest BCUT2D eigenvalue weighted by Gasteiger charge is -2.20. The van der Waals surface area contributed by atoms with E-state index in [1.807, 2.05) is 0 Å². The molecule has 25 heavy (non-hydrogen) atoms. The van der Waals surface area contributed by atoms with Gasteiger partial charge in [-0.2, -0.15) is 22.0 Å². The molecule has 2 aromatic carbocycles. The normalized spacial score (nSPS) is 11.5. The van der Waals surface area contributed by atoms with Crippen LogP contribution in [0.25, 0.3) is 0 Å². The third-order valence-corrected chi connectivity index (χ3v) is 3.38. The minimum absolute atomic E-state index is 0.0139. The van der Waals surface area contributed by atoms with Gasteiger partial charge in [-0.15, -0.1) is 0 Å². The van der Waals surface area contributed by atoms with Crippen molar-refractivity contribution in [3.05, 3.63) is 65.2 Å². The van der Waals surface area contributed by atoms with Crippen LogP contribution in [0.3, 0.4) is 0 Å². The first-order valence-electron chi connectivity index (χ1n) is 7.14. The van der Waals surface area contributed by atoms with E-state index in [2.05, 4.69) is 4.74 Å². The standard InChI is InChI=1S/C17H14F5NO2/c1-23(10-11-6-8-12(9-7-11)25-16(18)19)15(24)13-4-2-3-5-14(13)17(20,21)22/h2-9,16H,10H2,1H3. The van der Waals surface area contributed by atoms with Gasteiger partial charge in [0.25, 0.3) is 5.91 Å². The highest BCUT2D eigenvalue weighted by Gasteiger charge is 2.35. The summed E-state index contributed by atoms with van der Waals surface area (Å²) in [6.07, 6.45) is -4.64. The number of nitrogens with zero attached hydrogens (tertiary/aromatic N) is 1. The van der Waals surface area contributed by atoms with E-state index in [1.165, 1.54) is 43.4 Å². The smallest absolute Gasteiger partial charge is 0.417 e. The molecule has 0 bridgehead atoms. The van der Waals surface area contributed by atoms with Crippen LogP contribution in [0.1, 0.15) is 21.5 Å². The van der Waals surface area contributed by atoms with E-state index in [9.17, 15) is 26.7 Å². The summed E-state index contributed by atoms with van der Waals surface area (Å²) in [6.45, 7) is -2.94. The van der Waals surface area contributed by atoms with Gasteiger partial charge < -0.3 is 9.64 Å². The maximum absolute atomic E-state index is 13.0. The fourth-order valence-electron chi connectivity index (χ4n) is 2.24. The predicted molar refractivity (Wildman–Crippen MR) is 80.3 cm³/mol. The fourth-order valence-corrected chi connectivity index (χ4v) is 2.24. The summed E-state index contributed by atoms with van der Waals surface area (Å²) in [5.74, 6) is -0.837. The molecule has 0 spiro atoms. The van der Waals surface area contributed by atoms with Crippen molar-refractivity contribution in [2.24, 2.45) is 0 Å². The van der Waals surface area contributed by atoms with E-state index in [4.69, 9.17) is 0 Å². The Morgan fingerprint density at radius 3 is 2.24 bits per heavy atom.